The molecular formula is C19H17N5O. The highest BCUT2D eigenvalue weighted by Crippen LogP contribution is 2.25. The molecule has 0 aliphatic carbocycles. The molecule has 0 aliphatic rings. The predicted molar refractivity (Wildman–Crippen MR) is 95.0 cm³/mol. The molecule has 0 radical (unpaired) electrons. The van der Waals surface area contributed by atoms with Crippen LogP contribution < -0.4 is 5.32 Å². The van der Waals surface area contributed by atoms with Crippen molar-refractivity contribution in [2.45, 2.75) is 6.54 Å². The van der Waals surface area contributed by atoms with Crippen molar-refractivity contribution in [3.05, 3.63) is 78.4 Å². The van der Waals surface area contributed by atoms with E-state index in [1.165, 1.54) is 0 Å². The smallest absolute Gasteiger partial charge is 0.253 e. The van der Waals surface area contributed by atoms with Crippen LogP contribution in [0.2, 0.25) is 0 Å². The number of fused-ring (bicyclic) bond motifs is 1. The number of amides is 1. The van der Waals surface area contributed by atoms with Crippen LogP contribution in [0.15, 0.2) is 67.1 Å². The summed E-state index contributed by atoms with van der Waals surface area (Å²) in [5.74, 6) is -0.128. The van der Waals surface area contributed by atoms with E-state index in [9.17, 15) is 4.79 Å². The Morgan fingerprint density at radius 2 is 2.00 bits per heavy atom. The van der Waals surface area contributed by atoms with Gasteiger partial charge in [0.15, 0.2) is 0 Å². The van der Waals surface area contributed by atoms with Crippen molar-refractivity contribution in [3.8, 4) is 11.4 Å². The number of aromatic nitrogens is 4. The Kier molecular flexibility index (Phi) is 3.78. The summed E-state index contributed by atoms with van der Waals surface area (Å²) in [6.07, 6.45) is 5.54. The zero-order valence-electron chi connectivity index (χ0n) is 13.8. The van der Waals surface area contributed by atoms with E-state index in [0.29, 0.717) is 12.1 Å². The molecule has 4 heterocycles. The van der Waals surface area contributed by atoms with Crippen molar-refractivity contribution in [2.75, 3.05) is 0 Å². The lowest BCUT2D eigenvalue weighted by Gasteiger charge is -2.04. The Bertz CT molecular complexity index is 1030. The fourth-order valence-electron chi connectivity index (χ4n) is 2.85. The van der Waals surface area contributed by atoms with Gasteiger partial charge in [-0.05, 0) is 36.4 Å². The fraction of sp³-hybridized carbons (Fsp3) is 0.105. The molecule has 4 aromatic heterocycles. The number of nitrogens with one attached hydrogen (secondary N) is 1. The number of hydrogen-bond donors (Lipinski definition) is 1. The summed E-state index contributed by atoms with van der Waals surface area (Å²) in [6.45, 7) is 0.392. The zero-order valence-corrected chi connectivity index (χ0v) is 13.8. The highest BCUT2D eigenvalue weighted by Gasteiger charge is 2.17. The van der Waals surface area contributed by atoms with Gasteiger partial charge in [-0.3, -0.25) is 14.5 Å². The van der Waals surface area contributed by atoms with Crippen molar-refractivity contribution in [1.29, 1.82) is 0 Å². The van der Waals surface area contributed by atoms with E-state index in [4.69, 9.17) is 0 Å². The summed E-state index contributed by atoms with van der Waals surface area (Å²) in [6, 6.07) is 15.3. The van der Waals surface area contributed by atoms with Crippen molar-refractivity contribution in [3.63, 3.8) is 0 Å². The van der Waals surface area contributed by atoms with Crippen LogP contribution in [0.1, 0.15) is 16.1 Å². The van der Waals surface area contributed by atoms with Crippen molar-refractivity contribution < 1.29 is 4.79 Å². The number of carbonyl (C=O) groups is 1. The third kappa shape index (κ3) is 2.89. The normalized spacial score (nSPS) is 10.9. The minimum Gasteiger partial charge on any atom is -0.346 e. The van der Waals surface area contributed by atoms with Gasteiger partial charge in [-0.2, -0.15) is 5.10 Å². The maximum atomic E-state index is 12.7. The molecule has 0 unspecified atom stereocenters. The van der Waals surface area contributed by atoms with Gasteiger partial charge in [-0.25, -0.2) is 0 Å². The number of pyridine rings is 2. The minimum absolute atomic E-state index is 0.128. The summed E-state index contributed by atoms with van der Waals surface area (Å²) in [5, 5.41) is 7.39. The molecule has 4 rings (SSSR count). The van der Waals surface area contributed by atoms with Crippen LogP contribution in [0.25, 0.3) is 16.9 Å². The second-order valence-electron chi connectivity index (χ2n) is 5.78. The van der Waals surface area contributed by atoms with Crippen molar-refractivity contribution in [1.82, 2.24) is 24.5 Å². The van der Waals surface area contributed by atoms with Gasteiger partial charge in [0.1, 0.15) is 5.69 Å². The van der Waals surface area contributed by atoms with Crippen LogP contribution in [0, 0.1) is 0 Å². The molecule has 0 bridgehead atoms. The average molecular weight is 331 g/mol. The monoisotopic (exact) mass is 331 g/mol. The minimum atomic E-state index is -0.128. The van der Waals surface area contributed by atoms with Gasteiger partial charge < -0.3 is 9.72 Å². The Balaban J connectivity index is 1.68. The summed E-state index contributed by atoms with van der Waals surface area (Å²) in [4.78, 5) is 16.9. The molecule has 1 amide bonds. The van der Waals surface area contributed by atoms with E-state index in [1.54, 1.807) is 10.9 Å². The standard InChI is InChI=1S/C19H17N5O/c1-23-11-8-16(22-23)18-12-15(17-7-3-5-10-24(17)18)19(25)21-13-14-6-2-4-9-20-14/h2-12H,13H2,1H3,(H,21,25). The van der Waals surface area contributed by atoms with E-state index in [2.05, 4.69) is 15.4 Å². The topological polar surface area (TPSA) is 64.2 Å². The van der Waals surface area contributed by atoms with Crippen molar-refractivity contribution >= 4 is 11.4 Å². The van der Waals surface area contributed by atoms with E-state index in [1.807, 2.05) is 72.4 Å². The van der Waals surface area contributed by atoms with Crippen LogP contribution in [-0.4, -0.2) is 25.1 Å². The quantitative estimate of drug-likeness (QED) is 0.625. The Hall–Kier alpha value is -3.41. The molecule has 25 heavy (non-hydrogen) atoms. The summed E-state index contributed by atoms with van der Waals surface area (Å²) >= 11 is 0. The van der Waals surface area contributed by atoms with Crippen LogP contribution in [0.3, 0.4) is 0 Å². The molecule has 0 fully saturated rings. The molecular weight excluding hydrogens is 314 g/mol. The summed E-state index contributed by atoms with van der Waals surface area (Å²) in [7, 11) is 1.87. The first kappa shape index (κ1) is 15.1. The lowest BCUT2D eigenvalue weighted by Crippen LogP contribution is -2.23. The molecule has 0 aliphatic heterocycles. The number of nitrogens with zero attached hydrogens (tertiary/aromatic N) is 4. The second-order valence-corrected chi connectivity index (χ2v) is 5.78. The number of aryl methyl sites for hydroxylation is 1. The molecule has 0 saturated heterocycles. The van der Waals surface area contributed by atoms with Crippen LogP contribution >= 0.6 is 0 Å². The Morgan fingerprint density at radius 3 is 2.76 bits per heavy atom. The van der Waals surface area contributed by atoms with Crippen LogP contribution in [0.5, 0.6) is 0 Å². The number of hydrogen-bond acceptors (Lipinski definition) is 3. The molecule has 6 heteroatoms. The summed E-state index contributed by atoms with van der Waals surface area (Å²) < 4.78 is 3.73. The zero-order chi connectivity index (χ0) is 17.2. The number of carbonyl (C=O) groups excluding carboxylic acids is 1. The third-order valence-corrected chi connectivity index (χ3v) is 4.05. The van der Waals surface area contributed by atoms with Gasteiger partial charge in [0, 0.05) is 25.6 Å². The molecule has 6 nitrogen and oxygen atoms in total. The lowest BCUT2D eigenvalue weighted by atomic mass is 10.2. The van der Waals surface area contributed by atoms with Crippen LogP contribution in [0.4, 0.5) is 0 Å². The number of rotatable bonds is 4. The molecule has 0 spiro atoms. The van der Waals surface area contributed by atoms with Gasteiger partial charge in [0.05, 0.1) is 29.0 Å². The second kappa shape index (κ2) is 6.24. The first-order valence-electron chi connectivity index (χ1n) is 8.00. The van der Waals surface area contributed by atoms with Gasteiger partial charge >= 0.3 is 0 Å². The first-order chi connectivity index (χ1) is 12.2. The molecule has 4 aromatic rings. The van der Waals surface area contributed by atoms with Crippen molar-refractivity contribution in [2.24, 2.45) is 7.05 Å². The molecule has 124 valence electrons. The van der Waals surface area contributed by atoms with E-state index in [-0.39, 0.29) is 5.91 Å². The summed E-state index contributed by atoms with van der Waals surface area (Å²) in [5.41, 5.74) is 4.01. The van der Waals surface area contributed by atoms with Gasteiger partial charge in [0.2, 0.25) is 0 Å². The lowest BCUT2D eigenvalue weighted by molar-refractivity contribution is 0.0952. The molecule has 0 aromatic carbocycles. The Labute approximate surface area is 144 Å². The Morgan fingerprint density at radius 1 is 1.12 bits per heavy atom. The maximum absolute atomic E-state index is 12.7. The SMILES string of the molecule is Cn1ccc(-c2cc(C(=O)NCc3ccccn3)c3ccccn23)n1. The van der Waals surface area contributed by atoms with E-state index in [0.717, 1.165) is 22.6 Å². The molecule has 0 atom stereocenters. The van der Waals surface area contributed by atoms with Gasteiger partial charge in [0.25, 0.3) is 5.91 Å². The average Bonchev–Trinajstić information content (AvgIpc) is 3.24. The van der Waals surface area contributed by atoms with Gasteiger partial charge in [-0.1, -0.05) is 12.1 Å². The maximum Gasteiger partial charge on any atom is 0.253 e. The first-order valence-corrected chi connectivity index (χ1v) is 8.00. The third-order valence-electron chi connectivity index (χ3n) is 4.05. The molecule has 1 N–H and O–H groups in total. The highest BCUT2D eigenvalue weighted by atomic mass is 16.1. The highest BCUT2D eigenvalue weighted by molar-refractivity contribution is 6.02. The fourth-order valence-corrected chi connectivity index (χ4v) is 2.85. The van der Waals surface area contributed by atoms with Gasteiger partial charge in [-0.15, -0.1) is 0 Å². The molecule has 0 saturated carbocycles. The van der Waals surface area contributed by atoms with Crippen LogP contribution in [-0.2, 0) is 13.6 Å². The van der Waals surface area contributed by atoms with E-state index >= 15 is 0 Å². The largest absolute Gasteiger partial charge is 0.346 e. The van der Waals surface area contributed by atoms with E-state index < -0.39 is 0 Å². The predicted octanol–water partition coefficient (Wildman–Crippen LogP) is 2.66.